The molecule has 0 aliphatic rings. The Balaban J connectivity index is 2.70. The van der Waals surface area contributed by atoms with Crippen molar-refractivity contribution in [1.82, 2.24) is 4.57 Å². The van der Waals surface area contributed by atoms with Gasteiger partial charge in [0.25, 0.3) is 0 Å². The van der Waals surface area contributed by atoms with Crippen LogP contribution in [0.5, 0.6) is 0 Å². The standard InChI is InChI=1S/C15H14F3NO2/c1-9(2)19-7-11(12(8-19)14(20)21)10-5-3-4-6-13(10)15(16,17)18/h3-9H,1-2H3,(H,20,21). The monoisotopic (exact) mass is 297 g/mol. The van der Waals surface area contributed by atoms with E-state index in [0.717, 1.165) is 6.07 Å². The topological polar surface area (TPSA) is 42.2 Å². The molecule has 21 heavy (non-hydrogen) atoms. The molecule has 0 atom stereocenters. The van der Waals surface area contributed by atoms with Crippen molar-refractivity contribution in [2.24, 2.45) is 0 Å². The third-order valence-corrected chi connectivity index (χ3v) is 3.20. The molecule has 0 aliphatic carbocycles. The van der Waals surface area contributed by atoms with Crippen molar-refractivity contribution in [1.29, 1.82) is 0 Å². The molecule has 1 N–H and O–H groups in total. The zero-order valence-electron chi connectivity index (χ0n) is 11.5. The summed E-state index contributed by atoms with van der Waals surface area (Å²) in [5, 5.41) is 9.22. The van der Waals surface area contributed by atoms with Crippen LogP contribution in [0.25, 0.3) is 11.1 Å². The largest absolute Gasteiger partial charge is 0.478 e. The Morgan fingerprint density at radius 1 is 1.14 bits per heavy atom. The summed E-state index contributed by atoms with van der Waals surface area (Å²) in [6.07, 6.45) is -1.74. The Morgan fingerprint density at radius 3 is 2.29 bits per heavy atom. The molecule has 1 aromatic carbocycles. The number of aromatic nitrogens is 1. The highest BCUT2D eigenvalue weighted by Crippen LogP contribution is 2.38. The SMILES string of the molecule is CC(C)n1cc(C(=O)O)c(-c2ccccc2C(F)(F)F)c1. The zero-order valence-corrected chi connectivity index (χ0v) is 11.5. The van der Waals surface area contributed by atoms with Crippen molar-refractivity contribution < 1.29 is 23.1 Å². The van der Waals surface area contributed by atoms with Crippen LogP contribution in [0.2, 0.25) is 0 Å². The van der Waals surface area contributed by atoms with Crippen LogP contribution >= 0.6 is 0 Å². The smallest absolute Gasteiger partial charge is 0.417 e. The second-order valence-electron chi connectivity index (χ2n) is 4.98. The molecule has 2 aromatic rings. The summed E-state index contributed by atoms with van der Waals surface area (Å²) >= 11 is 0. The average Bonchev–Trinajstić information content (AvgIpc) is 2.83. The number of benzene rings is 1. The fraction of sp³-hybridized carbons (Fsp3) is 0.267. The number of rotatable bonds is 3. The van der Waals surface area contributed by atoms with Gasteiger partial charge in [-0.15, -0.1) is 0 Å². The maximum absolute atomic E-state index is 13.1. The Bertz CT molecular complexity index is 672. The van der Waals surface area contributed by atoms with E-state index in [4.69, 9.17) is 0 Å². The van der Waals surface area contributed by atoms with Gasteiger partial charge in [-0.1, -0.05) is 18.2 Å². The van der Waals surface area contributed by atoms with E-state index in [1.165, 1.54) is 30.6 Å². The number of halogens is 3. The lowest BCUT2D eigenvalue weighted by Crippen LogP contribution is -2.07. The lowest BCUT2D eigenvalue weighted by Gasteiger charge is -2.12. The van der Waals surface area contributed by atoms with Crippen LogP contribution in [-0.2, 0) is 6.18 Å². The summed E-state index contributed by atoms with van der Waals surface area (Å²) < 4.78 is 40.8. The molecular formula is C15H14F3NO2. The van der Waals surface area contributed by atoms with Crippen molar-refractivity contribution in [3.05, 3.63) is 47.8 Å². The molecule has 112 valence electrons. The Labute approximate surface area is 119 Å². The fourth-order valence-corrected chi connectivity index (χ4v) is 2.12. The van der Waals surface area contributed by atoms with E-state index in [1.807, 2.05) is 13.8 Å². The van der Waals surface area contributed by atoms with Gasteiger partial charge in [0, 0.05) is 24.0 Å². The fourth-order valence-electron chi connectivity index (χ4n) is 2.12. The van der Waals surface area contributed by atoms with Crippen molar-refractivity contribution in [3.8, 4) is 11.1 Å². The number of alkyl halides is 3. The van der Waals surface area contributed by atoms with Crippen molar-refractivity contribution in [2.75, 3.05) is 0 Å². The Kier molecular flexibility index (Phi) is 3.80. The first-order valence-electron chi connectivity index (χ1n) is 6.33. The number of carboxylic acids is 1. The highest BCUT2D eigenvalue weighted by molar-refractivity contribution is 5.96. The van der Waals surface area contributed by atoms with E-state index < -0.39 is 17.7 Å². The van der Waals surface area contributed by atoms with Gasteiger partial charge in [0.1, 0.15) is 0 Å². The van der Waals surface area contributed by atoms with Gasteiger partial charge in [-0.05, 0) is 25.5 Å². The van der Waals surface area contributed by atoms with Gasteiger partial charge in [0.2, 0.25) is 0 Å². The number of aromatic carboxylic acids is 1. The summed E-state index contributed by atoms with van der Waals surface area (Å²) in [7, 11) is 0. The van der Waals surface area contributed by atoms with Crippen molar-refractivity contribution in [3.63, 3.8) is 0 Å². The number of hydrogen-bond acceptors (Lipinski definition) is 1. The van der Waals surface area contributed by atoms with Gasteiger partial charge in [-0.2, -0.15) is 13.2 Å². The molecule has 0 spiro atoms. The maximum atomic E-state index is 13.1. The molecule has 0 amide bonds. The van der Waals surface area contributed by atoms with Crippen LogP contribution in [0.1, 0.15) is 35.8 Å². The molecule has 0 aliphatic heterocycles. The molecule has 0 saturated heterocycles. The van der Waals surface area contributed by atoms with Crippen molar-refractivity contribution in [2.45, 2.75) is 26.1 Å². The molecule has 0 saturated carbocycles. The first-order chi connectivity index (χ1) is 9.71. The summed E-state index contributed by atoms with van der Waals surface area (Å²) in [6, 6.07) is 4.94. The highest BCUT2D eigenvalue weighted by atomic mass is 19.4. The Hall–Kier alpha value is -2.24. The van der Waals surface area contributed by atoms with Crippen LogP contribution in [0.15, 0.2) is 36.7 Å². The van der Waals surface area contributed by atoms with Gasteiger partial charge in [0.15, 0.2) is 0 Å². The van der Waals surface area contributed by atoms with Crippen LogP contribution < -0.4 is 0 Å². The minimum Gasteiger partial charge on any atom is -0.478 e. The van der Waals surface area contributed by atoms with Gasteiger partial charge in [-0.3, -0.25) is 0 Å². The highest BCUT2D eigenvalue weighted by Gasteiger charge is 2.34. The average molecular weight is 297 g/mol. The molecule has 3 nitrogen and oxygen atoms in total. The summed E-state index contributed by atoms with van der Waals surface area (Å²) in [5.41, 5.74) is -1.03. The Morgan fingerprint density at radius 2 is 1.76 bits per heavy atom. The zero-order chi connectivity index (χ0) is 15.8. The maximum Gasteiger partial charge on any atom is 0.417 e. The molecule has 2 rings (SSSR count). The van der Waals surface area contributed by atoms with E-state index in [9.17, 15) is 23.1 Å². The van der Waals surface area contributed by atoms with Gasteiger partial charge in [-0.25, -0.2) is 4.79 Å². The lowest BCUT2D eigenvalue weighted by molar-refractivity contribution is -0.137. The predicted octanol–water partition coefficient (Wildman–Crippen LogP) is 4.45. The number of nitrogens with zero attached hydrogens (tertiary/aromatic N) is 1. The molecule has 0 unspecified atom stereocenters. The van der Waals surface area contributed by atoms with Crippen LogP contribution in [0, 0.1) is 0 Å². The molecule has 0 fully saturated rings. The van der Waals surface area contributed by atoms with E-state index in [2.05, 4.69) is 0 Å². The van der Waals surface area contributed by atoms with E-state index in [0.29, 0.717) is 0 Å². The quantitative estimate of drug-likeness (QED) is 0.909. The minimum absolute atomic E-state index is 0.0464. The second-order valence-corrected chi connectivity index (χ2v) is 4.98. The number of hydrogen-bond donors (Lipinski definition) is 1. The van der Waals surface area contributed by atoms with Crippen LogP contribution in [0.3, 0.4) is 0 Å². The number of carbonyl (C=O) groups is 1. The predicted molar refractivity (Wildman–Crippen MR) is 72.2 cm³/mol. The normalized spacial score (nSPS) is 11.9. The van der Waals surface area contributed by atoms with Gasteiger partial charge < -0.3 is 9.67 Å². The number of carboxylic acid groups (broad SMARTS) is 1. The third-order valence-electron chi connectivity index (χ3n) is 3.20. The summed E-state index contributed by atoms with van der Waals surface area (Å²) in [6.45, 7) is 3.65. The molecular weight excluding hydrogens is 283 g/mol. The van der Waals surface area contributed by atoms with E-state index >= 15 is 0 Å². The summed E-state index contributed by atoms with van der Waals surface area (Å²) in [4.78, 5) is 11.3. The van der Waals surface area contributed by atoms with Crippen molar-refractivity contribution >= 4 is 5.97 Å². The third kappa shape index (κ3) is 2.94. The first-order valence-corrected chi connectivity index (χ1v) is 6.33. The van der Waals surface area contributed by atoms with Crippen LogP contribution in [0.4, 0.5) is 13.2 Å². The lowest BCUT2D eigenvalue weighted by atomic mass is 9.98. The summed E-state index contributed by atoms with van der Waals surface area (Å²) in [5.74, 6) is -1.25. The molecule has 1 heterocycles. The first kappa shape index (κ1) is 15.2. The van der Waals surface area contributed by atoms with E-state index in [1.54, 1.807) is 4.57 Å². The van der Waals surface area contributed by atoms with Gasteiger partial charge >= 0.3 is 12.1 Å². The minimum atomic E-state index is -4.54. The molecule has 1 aromatic heterocycles. The van der Waals surface area contributed by atoms with Gasteiger partial charge in [0.05, 0.1) is 11.1 Å². The van der Waals surface area contributed by atoms with Crippen LogP contribution in [-0.4, -0.2) is 15.6 Å². The second kappa shape index (κ2) is 5.27. The van der Waals surface area contributed by atoms with E-state index in [-0.39, 0.29) is 22.7 Å². The molecule has 6 heteroatoms. The molecule has 0 bridgehead atoms. The molecule has 0 radical (unpaired) electrons.